The number of hydrogen-bond donors (Lipinski definition) is 2. The van der Waals surface area contributed by atoms with Crippen molar-refractivity contribution in [3.05, 3.63) is 41.7 Å². The Kier molecular flexibility index (Phi) is 3.74. The fraction of sp³-hybridized carbons (Fsp3) is 0.353. The van der Waals surface area contributed by atoms with Crippen molar-refractivity contribution in [2.45, 2.75) is 32.7 Å². The van der Waals surface area contributed by atoms with Crippen LogP contribution >= 0.6 is 0 Å². The van der Waals surface area contributed by atoms with Crippen LogP contribution in [0.5, 0.6) is 0 Å². The summed E-state index contributed by atoms with van der Waals surface area (Å²) in [7, 11) is 0. The summed E-state index contributed by atoms with van der Waals surface area (Å²) in [6.45, 7) is 2.73. The van der Waals surface area contributed by atoms with Crippen molar-refractivity contribution in [2.75, 3.05) is 5.32 Å². The number of aromatic amines is 1. The van der Waals surface area contributed by atoms with Gasteiger partial charge >= 0.3 is 0 Å². The molecule has 0 aliphatic carbocycles. The summed E-state index contributed by atoms with van der Waals surface area (Å²) < 4.78 is 27.6. The van der Waals surface area contributed by atoms with Gasteiger partial charge in [-0.1, -0.05) is 0 Å². The first-order valence-corrected chi connectivity index (χ1v) is 8.11. The van der Waals surface area contributed by atoms with Gasteiger partial charge in [-0.2, -0.15) is 0 Å². The minimum atomic E-state index is -2.65. The molecule has 1 aliphatic heterocycles. The van der Waals surface area contributed by atoms with Crippen molar-refractivity contribution in [3.8, 4) is 0 Å². The molecular weight excluding hydrogens is 328 g/mol. The number of halogens is 2. The number of fused-ring (bicyclic) bond motifs is 2. The van der Waals surface area contributed by atoms with Crippen LogP contribution in [-0.2, 0) is 17.8 Å². The van der Waals surface area contributed by atoms with Crippen LogP contribution in [-0.4, -0.2) is 25.4 Å². The monoisotopic (exact) mass is 345 g/mol. The summed E-state index contributed by atoms with van der Waals surface area (Å²) in [5.74, 6) is 0.401. The van der Waals surface area contributed by atoms with Crippen LogP contribution in [0, 0.1) is 12.8 Å². The lowest BCUT2D eigenvalue weighted by Gasteiger charge is -2.23. The molecule has 2 N–H and O–H groups in total. The molecular formula is C17H17F2N5O. The molecule has 0 saturated heterocycles. The van der Waals surface area contributed by atoms with E-state index in [1.54, 1.807) is 18.2 Å². The topological polar surface area (TPSA) is 75.6 Å². The molecule has 2 aromatic heterocycles. The molecule has 1 aliphatic rings. The maximum Gasteiger partial charge on any atom is 0.295 e. The van der Waals surface area contributed by atoms with Gasteiger partial charge < -0.3 is 14.9 Å². The number of aromatic nitrogens is 4. The molecule has 1 atom stereocenters. The van der Waals surface area contributed by atoms with E-state index in [9.17, 15) is 13.6 Å². The molecule has 6 nitrogen and oxygen atoms in total. The number of aryl methyl sites for hydroxylation is 1. The zero-order valence-corrected chi connectivity index (χ0v) is 13.6. The minimum Gasteiger partial charge on any atom is -0.337 e. The van der Waals surface area contributed by atoms with E-state index in [0.29, 0.717) is 23.1 Å². The normalized spacial score (nSPS) is 17.0. The summed E-state index contributed by atoms with van der Waals surface area (Å²) in [4.78, 5) is 23.2. The van der Waals surface area contributed by atoms with Gasteiger partial charge in [0.2, 0.25) is 5.91 Å². The molecule has 0 radical (unpaired) electrons. The zero-order chi connectivity index (χ0) is 17.6. The Labute approximate surface area is 142 Å². The van der Waals surface area contributed by atoms with Crippen LogP contribution in [0.2, 0.25) is 0 Å². The lowest BCUT2D eigenvalue weighted by Crippen LogP contribution is -2.30. The van der Waals surface area contributed by atoms with Gasteiger partial charge in [0, 0.05) is 36.5 Å². The summed E-state index contributed by atoms with van der Waals surface area (Å²) in [6, 6.07) is 4.92. The number of carbonyl (C=O) groups excluding carboxylic acids is 1. The van der Waals surface area contributed by atoms with E-state index in [-0.39, 0.29) is 17.6 Å². The van der Waals surface area contributed by atoms with E-state index in [1.807, 2.05) is 13.1 Å². The predicted molar refractivity (Wildman–Crippen MR) is 88.5 cm³/mol. The van der Waals surface area contributed by atoms with Crippen molar-refractivity contribution < 1.29 is 13.6 Å². The first-order valence-electron chi connectivity index (χ1n) is 8.11. The fourth-order valence-electron chi connectivity index (χ4n) is 3.30. The Bertz CT molecular complexity index is 946. The number of hydrogen-bond acceptors (Lipinski definition) is 3. The predicted octanol–water partition coefficient (Wildman–Crippen LogP) is 3.21. The number of imidazole rings is 2. The second kappa shape index (κ2) is 5.94. The Morgan fingerprint density at radius 3 is 3.08 bits per heavy atom. The molecule has 3 heterocycles. The smallest absolute Gasteiger partial charge is 0.295 e. The molecule has 1 unspecified atom stereocenters. The Morgan fingerprint density at radius 2 is 2.28 bits per heavy atom. The van der Waals surface area contributed by atoms with Gasteiger partial charge in [0.15, 0.2) is 5.82 Å². The van der Waals surface area contributed by atoms with Crippen LogP contribution in [0.3, 0.4) is 0 Å². The largest absolute Gasteiger partial charge is 0.337 e. The zero-order valence-electron chi connectivity index (χ0n) is 13.6. The second-order valence-electron chi connectivity index (χ2n) is 6.28. The highest BCUT2D eigenvalue weighted by Gasteiger charge is 2.26. The van der Waals surface area contributed by atoms with Crippen molar-refractivity contribution in [1.29, 1.82) is 0 Å². The summed E-state index contributed by atoms with van der Waals surface area (Å²) in [6.07, 6.45) is 0.560. The molecule has 0 saturated carbocycles. The van der Waals surface area contributed by atoms with E-state index in [4.69, 9.17) is 0 Å². The number of carbonyl (C=O) groups is 1. The Balaban J connectivity index is 1.50. The van der Waals surface area contributed by atoms with Crippen LogP contribution in [0.25, 0.3) is 11.0 Å². The van der Waals surface area contributed by atoms with Gasteiger partial charge in [-0.3, -0.25) is 4.79 Å². The lowest BCUT2D eigenvalue weighted by molar-refractivity contribution is -0.120. The molecule has 3 aromatic rings. The maximum atomic E-state index is 12.7. The average Bonchev–Trinajstić information content (AvgIpc) is 3.18. The Morgan fingerprint density at radius 1 is 1.44 bits per heavy atom. The number of rotatable bonds is 3. The second-order valence-corrected chi connectivity index (χ2v) is 6.28. The lowest BCUT2D eigenvalue weighted by atomic mass is 9.95. The molecule has 8 heteroatoms. The van der Waals surface area contributed by atoms with Crippen molar-refractivity contribution in [1.82, 2.24) is 19.5 Å². The van der Waals surface area contributed by atoms with Gasteiger partial charge in [0.25, 0.3) is 6.43 Å². The highest BCUT2D eigenvalue weighted by molar-refractivity contribution is 5.94. The maximum absolute atomic E-state index is 12.7. The molecule has 4 rings (SSSR count). The quantitative estimate of drug-likeness (QED) is 0.765. The first kappa shape index (κ1) is 15.7. The van der Waals surface area contributed by atoms with Crippen LogP contribution in [0.15, 0.2) is 24.4 Å². The highest BCUT2D eigenvalue weighted by atomic mass is 19.3. The third-order valence-corrected chi connectivity index (χ3v) is 4.64. The van der Waals surface area contributed by atoms with E-state index in [2.05, 4.69) is 24.8 Å². The molecule has 0 bridgehead atoms. The summed E-state index contributed by atoms with van der Waals surface area (Å²) in [5, 5.41) is 2.88. The van der Waals surface area contributed by atoms with Gasteiger partial charge in [-0.25, -0.2) is 18.7 Å². The van der Waals surface area contributed by atoms with Gasteiger partial charge in [0.05, 0.1) is 11.0 Å². The minimum absolute atomic E-state index is 0.0712. The van der Waals surface area contributed by atoms with Crippen molar-refractivity contribution in [2.24, 2.45) is 5.92 Å². The number of benzene rings is 1. The van der Waals surface area contributed by atoms with E-state index < -0.39 is 6.43 Å². The molecule has 0 spiro atoms. The molecule has 0 fully saturated rings. The summed E-state index contributed by atoms with van der Waals surface area (Å²) in [5.41, 5.74) is 2.56. The van der Waals surface area contributed by atoms with E-state index in [0.717, 1.165) is 24.5 Å². The highest BCUT2D eigenvalue weighted by Crippen LogP contribution is 2.25. The number of H-pyrrole nitrogens is 1. The number of amides is 1. The third-order valence-electron chi connectivity index (χ3n) is 4.64. The third kappa shape index (κ3) is 2.88. The van der Waals surface area contributed by atoms with Gasteiger partial charge in [-0.05, 0) is 31.5 Å². The molecule has 130 valence electrons. The first-order chi connectivity index (χ1) is 12.0. The average molecular weight is 345 g/mol. The summed E-state index contributed by atoms with van der Waals surface area (Å²) >= 11 is 0. The van der Waals surface area contributed by atoms with Crippen molar-refractivity contribution in [3.63, 3.8) is 0 Å². The van der Waals surface area contributed by atoms with Crippen molar-refractivity contribution >= 4 is 22.6 Å². The standard InChI is InChI=1S/C17H17F2N5O/c1-9-20-8-12-6-10(4-5-24(9)12)17(25)21-11-2-3-13-14(7-11)23-16(22-13)15(18)19/h2-3,7-8,10,15H,4-6H2,1H3,(H,21,25)(H,22,23). The molecule has 25 heavy (non-hydrogen) atoms. The Hall–Kier alpha value is -2.77. The number of nitrogens with one attached hydrogen (secondary N) is 2. The SMILES string of the molecule is Cc1ncc2n1CCC(C(=O)Nc1ccc3nc(C(F)F)[nH]c3c1)C2. The molecule has 1 amide bonds. The van der Waals surface area contributed by atoms with Gasteiger partial charge in [0.1, 0.15) is 5.82 Å². The van der Waals surface area contributed by atoms with E-state index >= 15 is 0 Å². The van der Waals surface area contributed by atoms with Crippen LogP contribution < -0.4 is 5.32 Å². The van der Waals surface area contributed by atoms with E-state index in [1.165, 1.54) is 0 Å². The fourth-order valence-corrected chi connectivity index (χ4v) is 3.30. The number of anilines is 1. The number of nitrogens with zero attached hydrogens (tertiary/aromatic N) is 3. The van der Waals surface area contributed by atoms with Crippen LogP contribution in [0.4, 0.5) is 14.5 Å². The van der Waals surface area contributed by atoms with Crippen LogP contribution in [0.1, 0.15) is 30.2 Å². The van der Waals surface area contributed by atoms with Gasteiger partial charge in [-0.15, -0.1) is 0 Å². The molecule has 1 aromatic carbocycles. The number of alkyl halides is 2.